The minimum Gasteiger partial charge on any atom is -0.462 e. The van der Waals surface area contributed by atoms with Gasteiger partial charge in [0.2, 0.25) is 11.8 Å². The van der Waals surface area contributed by atoms with Crippen molar-refractivity contribution < 1.29 is 14.0 Å². The Kier molecular flexibility index (Phi) is 6.44. The van der Waals surface area contributed by atoms with Crippen molar-refractivity contribution in [3.8, 4) is 0 Å². The van der Waals surface area contributed by atoms with E-state index >= 15 is 0 Å². The number of aryl methyl sites for hydroxylation is 1. The summed E-state index contributed by atoms with van der Waals surface area (Å²) < 4.78 is 5.43. The normalized spacial score (nSPS) is 18.3. The Morgan fingerprint density at radius 2 is 2.26 bits per heavy atom. The van der Waals surface area contributed by atoms with Crippen molar-refractivity contribution in [3.63, 3.8) is 0 Å². The molecule has 1 fully saturated rings. The Morgan fingerprint density at radius 3 is 2.96 bits per heavy atom. The number of piperidine rings is 1. The van der Waals surface area contributed by atoms with Gasteiger partial charge in [0.1, 0.15) is 11.5 Å². The standard InChI is InChI=1S/C18H26N2O3/c1-3-5-17(21)19-12-15-6-4-11-20(13-15)18(22)10-9-16-8-7-14(2)23-16/h7-10,15H,3-6,11-13H2,1-2H3,(H,19,21)/b10-9+/t15-/m1/s1. The molecule has 0 aromatic carbocycles. The van der Waals surface area contributed by atoms with Crippen LogP contribution in [0.5, 0.6) is 0 Å². The monoisotopic (exact) mass is 318 g/mol. The van der Waals surface area contributed by atoms with Gasteiger partial charge in [-0.2, -0.15) is 0 Å². The number of hydrogen-bond acceptors (Lipinski definition) is 3. The van der Waals surface area contributed by atoms with Crippen molar-refractivity contribution in [1.29, 1.82) is 0 Å². The lowest BCUT2D eigenvalue weighted by molar-refractivity contribution is -0.127. The molecular formula is C18H26N2O3. The quantitative estimate of drug-likeness (QED) is 0.820. The van der Waals surface area contributed by atoms with Gasteiger partial charge in [0.15, 0.2) is 0 Å². The summed E-state index contributed by atoms with van der Waals surface area (Å²) in [6, 6.07) is 3.72. The second kappa shape index (κ2) is 8.56. The van der Waals surface area contributed by atoms with E-state index < -0.39 is 0 Å². The van der Waals surface area contributed by atoms with Crippen LogP contribution in [0.3, 0.4) is 0 Å². The molecule has 0 unspecified atom stereocenters. The summed E-state index contributed by atoms with van der Waals surface area (Å²) in [6.07, 6.45) is 6.74. The van der Waals surface area contributed by atoms with Crippen LogP contribution in [0.2, 0.25) is 0 Å². The Balaban J connectivity index is 1.81. The fraction of sp³-hybridized carbons (Fsp3) is 0.556. The molecule has 2 heterocycles. The summed E-state index contributed by atoms with van der Waals surface area (Å²) in [7, 11) is 0. The third-order valence-corrected chi connectivity index (χ3v) is 4.05. The highest BCUT2D eigenvalue weighted by molar-refractivity contribution is 5.91. The van der Waals surface area contributed by atoms with Crippen LogP contribution in [0, 0.1) is 12.8 Å². The summed E-state index contributed by atoms with van der Waals surface area (Å²) in [4.78, 5) is 25.7. The van der Waals surface area contributed by atoms with Crippen molar-refractivity contribution >= 4 is 17.9 Å². The molecule has 1 atom stereocenters. The molecule has 2 rings (SSSR count). The number of hydrogen-bond donors (Lipinski definition) is 1. The SMILES string of the molecule is CCCC(=O)NC[C@H]1CCCN(C(=O)/C=C/c2ccc(C)o2)C1. The van der Waals surface area contributed by atoms with E-state index in [1.807, 2.05) is 30.9 Å². The molecule has 1 aliphatic heterocycles. The fourth-order valence-corrected chi connectivity index (χ4v) is 2.81. The molecule has 1 aliphatic rings. The van der Waals surface area contributed by atoms with Gasteiger partial charge < -0.3 is 14.6 Å². The number of likely N-dealkylation sites (tertiary alicyclic amines) is 1. The van der Waals surface area contributed by atoms with Crippen LogP contribution < -0.4 is 5.32 Å². The average Bonchev–Trinajstić information content (AvgIpc) is 2.97. The van der Waals surface area contributed by atoms with Gasteiger partial charge in [-0.25, -0.2) is 0 Å². The van der Waals surface area contributed by atoms with E-state index in [0.717, 1.165) is 31.6 Å². The Hall–Kier alpha value is -2.04. The Morgan fingerprint density at radius 1 is 1.43 bits per heavy atom. The molecule has 1 N–H and O–H groups in total. The van der Waals surface area contributed by atoms with E-state index in [4.69, 9.17) is 4.42 Å². The fourth-order valence-electron chi connectivity index (χ4n) is 2.81. The van der Waals surface area contributed by atoms with Gasteiger partial charge in [0.05, 0.1) is 0 Å². The predicted molar refractivity (Wildman–Crippen MR) is 89.7 cm³/mol. The maximum absolute atomic E-state index is 12.3. The highest BCUT2D eigenvalue weighted by Crippen LogP contribution is 2.17. The van der Waals surface area contributed by atoms with Crippen molar-refractivity contribution in [2.75, 3.05) is 19.6 Å². The van der Waals surface area contributed by atoms with Crippen LogP contribution in [0.1, 0.15) is 44.1 Å². The molecule has 0 aliphatic carbocycles. The summed E-state index contributed by atoms with van der Waals surface area (Å²) in [5.41, 5.74) is 0. The summed E-state index contributed by atoms with van der Waals surface area (Å²) in [5.74, 6) is 1.97. The molecular weight excluding hydrogens is 292 g/mol. The van der Waals surface area contributed by atoms with Gasteiger partial charge in [-0.3, -0.25) is 9.59 Å². The first kappa shape index (κ1) is 17.3. The molecule has 0 spiro atoms. The van der Waals surface area contributed by atoms with Crippen LogP contribution in [0.25, 0.3) is 6.08 Å². The van der Waals surface area contributed by atoms with Crippen molar-refractivity contribution in [1.82, 2.24) is 10.2 Å². The molecule has 0 bridgehead atoms. The first-order chi connectivity index (χ1) is 11.1. The van der Waals surface area contributed by atoms with Gasteiger partial charge in [-0.15, -0.1) is 0 Å². The minimum absolute atomic E-state index is 0.00337. The van der Waals surface area contributed by atoms with Crippen molar-refractivity contribution in [2.45, 2.75) is 39.5 Å². The van der Waals surface area contributed by atoms with Crippen LogP contribution in [-0.2, 0) is 9.59 Å². The van der Waals surface area contributed by atoms with Gasteiger partial charge in [-0.1, -0.05) is 6.92 Å². The van der Waals surface area contributed by atoms with Gasteiger partial charge in [0.25, 0.3) is 0 Å². The Labute approximate surface area is 137 Å². The zero-order valence-electron chi connectivity index (χ0n) is 14.0. The number of nitrogens with one attached hydrogen (secondary N) is 1. The molecule has 0 radical (unpaired) electrons. The van der Waals surface area contributed by atoms with E-state index in [-0.39, 0.29) is 11.8 Å². The van der Waals surface area contributed by atoms with Crippen LogP contribution in [0.4, 0.5) is 0 Å². The number of furan rings is 1. The summed E-state index contributed by atoms with van der Waals surface area (Å²) >= 11 is 0. The van der Waals surface area contributed by atoms with Crippen molar-refractivity contribution in [2.24, 2.45) is 5.92 Å². The molecule has 1 aromatic rings. The highest BCUT2D eigenvalue weighted by Gasteiger charge is 2.22. The number of amides is 2. The van der Waals surface area contributed by atoms with E-state index in [2.05, 4.69) is 5.32 Å². The third kappa shape index (κ3) is 5.58. The number of carbonyl (C=O) groups excluding carboxylic acids is 2. The van der Waals surface area contributed by atoms with Crippen LogP contribution in [-0.4, -0.2) is 36.3 Å². The average molecular weight is 318 g/mol. The first-order valence-corrected chi connectivity index (χ1v) is 8.38. The number of carbonyl (C=O) groups is 2. The summed E-state index contributed by atoms with van der Waals surface area (Å²) in [5, 5.41) is 2.96. The molecule has 2 amide bonds. The lowest BCUT2D eigenvalue weighted by Crippen LogP contribution is -2.43. The highest BCUT2D eigenvalue weighted by atomic mass is 16.3. The largest absolute Gasteiger partial charge is 0.462 e. The van der Waals surface area contributed by atoms with Gasteiger partial charge in [0, 0.05) is 32.1 Å². The second-order valence-electron chi connectivity index (χ2n) is 6.13. The minimum atomic E-state index is 0.00337. The van der Waals surface area contributed by atoms with Crippen LogP contribution in [0.15, 0.2) is 22.6 Å². The summed E-state index contributed by atoms with van der Waals surface area (Å²) in [6.45, 7) is 6.00. The molecule has 0 saturated carbocycles. The molecule has 5 heteroatoms. The first-order valence-electron chi connectivity index (χ1n) is 8.38. The smallest absolute Gasteiger partial charge is 0.246 e. The Bertz CT molecular complexity index is 562. The predicted octanol–water partition coefficient (Wildman–Crippen LogP) is 2.76. The molecule has 126 valence electrons. The lowest BCUT2D eigenvalue weighted by atomic mass is 9.98. The molecule has 5 nitrogen and oxygen atoms in total. The number of rotatable bonds is 6. The molecule has 1 saturated heterocycles. The molecule has 23 heavy (non-hydrogen) atoms. The maximum atomic E-state index is 12.3. The van der Waals surface area contributed by atoms with Crippen LogP contribution >= 0.6 is 0 Å². The van der Waals surface area contributed by atoms with E-state index in [9.17, 15) is 9.59 Å². The second-order valence-corrected chi connectivity index (χ2v) is 6.13. The third-order valence-electron chi connectivity index (χ3n) is 4.05. The van der Waals surface area contributed by atoms with E-state index in [1.165, 1.54) is 0 Å². The zero-order chi connectivity index (χ0) is 16.7. The van der Waals surface area contributed by atoms with E-state index in [1.54, 1.807) is 12.2 Å². The number of nitrogens with zero attached hydrogens (tertiary/aromatic N) is 1. The van der Waals surface area contributed by atoms with E-state index in [0.29, 0.717) is 31.2 Å². The molecule has 1 aromatic heterocycles. The lowest BCUT2D eigenvalue weighted by Gasteiger charge is -2.32. The zero-order valence-corrected chi connectivity index (χ0v) is 14.0. The van der Waals surface area contributed by atoms with Gasteiger partial charge in [-0.05, 0) is 50.3 Å². The topological polar surface area (TPSA) is 62.6 Å². The van der Waals surface area contributed by atoms with Gasteiger partial charge >= 0.3 is 0 Å². The van der Waals surface area contributed by atoms with Crippen molar-refractivity contribution in [3.05, 3.63) is 29.7 Å². The maximum Gasteiger partial charge on any atom is 0.246 e.